The lowest BCUT2D eigenvalue weighted by molar-refractivity contribution is 0.199. The minimum Gasteiger partial charge on any atom is -0.384 e. The molecule has 0 aromatic carbocycles. The maximum Gasteiger partial charge on any atom is 0.244 e. The van der Waals surface area contributed by atoms with Crippen LogP contribution in [0.2, 0.25) is 0 Å². The lowest BCUT2D eigenvalue weighted by Gasteiger charge is -2.13. The van der Waals surface area contributed by atoms with Crippen LogP contribution in [0, 0.1) is 11.8 Å². The summed E-state index contributed by atoms with van der Waals surface area (Å²) in [6, 6.07) is 0.284. The molecule has 0 bridgehead atoms. The Bertz CT molecular complexity index is 380. The fourth-order valence-electron chi connectivity index (χ4n) is 3.15. The van der Waals surface area contributed by atoms with Crippen LogP contribution >= 0.6 is 0 Å². The van der Waals surface area contributed by atoms with Gasteiger partial charge in [-0.15, -0.1) is 0 Å². The van der Waals surface area contributed by atoms with Gasteiger partial charge < -0.3 is 14.6 Å². The van der Waals surface area contributed by atoms with E-state index < -0.39 is 0 Å². The predicted molar refractivity (Wildman–Crippen MR) is 61.5 cm³/mol. The molecule has 2 aliphatic rings. The van der Waals surface area contributed by atoms with E-state index >= 15 is 0 Å². The number of ether oxygens (including phenoxy) is 1. The van der Waals surface area contributed by atoms with Crippen molar-refractivity contribution in [3.8, 4) is 0 Å². The fourth-order valence-corrected chi connectivity index (χ4v) is 3.15. The van der Waals surface area contributed by atoms with Gasteiger partial charge in [0.1, 0.15) is 0 Å². The minimum absolute atomic E-state index is 0.284. The van der Waals surface area contributed by atoms with Gasteiger partial charge in [-0.2, -0.15) is 4.98 Å². The predicted octanol–water partition coefficient (Wildman–Crippen LogP) is 1.32. The van der Waals surface area contributed by atoms with E-state index in [4.69, 9.17) is 9.26 Å². The number of hydrogen-bond acceptors (Lipinski definition) is 5. The molecule has 1 saturated heterocycles. The molecule has 1 saturated carbocycles. The summed E-state index contributed by atoms with van der Waals surface area (Å²) >= 11 is 0. The van der Waals surface area contributed by atoms with Crippen molar-refractivity contribution in [1.29, 1.82) is 0 Å². The Balaban J connectivity index is 1.69. The van der Waals surface area contributed by atoms with E-state index in [-0.39, 0.29) is 6.04 Å². The van der Waals surface area contributed by atoms with Gasteiger partial charge in [0, 0.05) is 13.5 Å². The average Bonchev–Trinajstić information content (AvgIpc) is 3.01. The lowest BCUT2D eigenvalue weighted by Crippen LogP contribution is -2.18. The monoisotopic (exact) mass is 237 g/mol. The van der Waals surface area contributed by atoms with Crippen LogP contribution in [0.25, 0.3) is 0 Å². The van der Waals surface area contributed by atoms with E-state index in [9.17, 15) is 0 Å². The summed E-state index contributed by atoms with van der Waals surface area (Å²) in [6.07, 6.45) is 4.70. The Morgan fingerprint density at radius 3 is 3.29 bits per heavy atom. The molecule has 5 heteroatoms. The number of nitrogens with one attached hydrogen (secondary N) is 1. The fraction of sp³-hybridized carbons (Fsp3) is 0.833. The summed E-state index contributed by atoms with van der Waals surface area (Å²) in [4.78, 5) is 4.47. The Hall–Kier alpha value is -0.940. The SMILES string of the molecule is COCCc1noc(C2NCC3CCCC32)n1. The van der Waals surface area contributed by atoms with Crippen molar-refractivity contribution < 1.29 is 9.26 Å². The van der Waals surface area contributed by atoms with Gasteiger partial charge in [0.2, 0.25) is 5.89 Å². The van der Waals surface area contributed by atoms with Crippen molar-refractivity contribution in [1.82, 2.24) is 15.5 Å². The Morgan fingerprint density at radius 2 is 2.41 bits per heavy atom. The number of nitrogens with zero attached hydrogens (tertiary/aromatic N) is 2. The van der Waals surface area contributed by atoms with Gasteiger partial charge in [-0.25, -0.2) is 0 Å². The van der Waals surface area contributed by atoms with Crippen LogP contribution in [0.15, 0.2) is 4.52 Å². The van der Waals surface area contributed by atoms with Gasteiger partial charge in [-0.3, -0.25) is 0 Å². The molecule has 17 heavy (non-hydrogen) atoms. The van der Waals surface area contributed by atoms with E-state index in [0.717, 1.165) is 30.6 Å². The maximum atomic E-state index is 5.37. The Kier molecular flexibility index (Phi) is 3.11. The first kappa shape index (κ1) is 11.2. The van der Waals surface area contributed by atoms with Crippen LogP contribution in [0.4, 0.5) is 0 Å². The zero-order valence-corrected chi connectivity index (χ0v) is 10.2. The maximum absolute atomic E-state index is 5.37. The molecule has 3 unspecified atom stereocenters. The molecular formula is C12H19N3O2. The van der Waals surface area contributed by atoms with Crippen LogP contribution in [-0.2, 0) is 11.2 Å². The van der Waals surface area contributed by atoms with Crippen LogP contribution in [0.5, 0.6) is 0 Å². The summed E-state index contributed by atoms with van der Waals surface area (Å²) < 4.78 is 10.4. The highest BCUT2D eigenvalue weighted by atomic mass is 16.5. The molecular weight excluding hydrogens is 218 g/mol. The number of fused-ring (bicyclic) bond motifs is 1. The summed E-state index contributed by atoms with van der Waals surface area (Å²) in [5.74, 6) is 3.04. The molecule has 2 fully saturated rings. The molecule has 1 aliphatic heterocycles. The molecule has 1 aliphatic carbocycles. The highest BCUT2D eigenvalue weighted by Gasteiger charge is 2.42. The number of hydrogen-bond donors (Lipinski definition) is 1. The minimum atomic E-state index is 0.284. The van der Waals surface area contributed by atoms with E-state index in [1.54, 1.807) is 7.11 Å². The molecule has 1 N–H and O–H groups in total. The second-order valence-electron chi connectivity index (χ2n) is 5.03. The van der Waals surface area contributed by atoms with Crippen LogP contribution in [-0.4, -0.2) is 30.4 Å². The van der Waals surface area contributed by atoms with Crippen molar-refractivity contribution in [2.75, 3.05) is 20.3 Å². The third kappa shape index (κ3) is 2.09. The summed E-state index contributed by atoms with van der Waals surface area (Å²) in [7, 11) is 1.68. The smallest absolute Gasteiger partial charge is 0.244 e. The third-order valence-electron chi connectivity index (χ3n) is 4.03. The normalized spacial score (nSPS) is 31.9. The quantitative estimate of drug-likeness (QED) is 0.855. The first-order valence-electron chi connectivity index (χ1n) is 6.43. The van der Waals surface area contributed by atoms with Crippen LogP contribution in [0.3, 0.4) is 0 Å². The highest BCUT2D eigenvalue weighted by Crippen LogP contribution is 2.43. The van der Waals surface area contributed by atoms with Crippen molar-refractivity contribution in [2.45, 2.75) is 31.7 Å². The largest absolute Gasteiger partial charge is 0.384 e. The van der Waals surface area contributed by atoms with Gasteiger partial charge >= 0.3 is 0 Å². The number of rotatable bonds is 4. The molecule has 5 nitrogen and oxygen atoms in total. The van der Waals surface area contributed by atoms with Crippen molar-refractivity contribution in [3.63, 3.8) is 0 Å². The zero-order chi connectivity index (χ0) is 11.7. The van der Waals surface area contributed by atoms with Gasteiger partial charge in [0.05, 0.1) is 12.6 Å². The molecule has 0 radical (unpaired) electrons. The van der Waals surface area contributed by atoms with Crippen molar-refractivity contribution >= 4 is 0 Å². The molecule has 0 spiro atoms. The second-order valence-corrected chi connectivity index (χ2v) is 5.03. The number of methoxy groups -OCH3 is 1. The first-order chi connectivity index (χ1) is 8.38. The molecule has 2 heterocycles. The van der Waals surface area contributed by atoms with Crippen LogP contribution < -0.4 is 5.32 Å². The summed E-state index contributed by atoms with van der Waals surface area (Å²) in [6.45, 7) is 1.74. The molecule has 1 aromatic heterocycles. The topological polar surface area (TPSA) is 60.2 Å². The standard InChI is InChI=1S/C12H19N3O2/c1-16-6-5-10-14-12(17-15-10)11-9-4-2-3-8(9)7-13-11/h8-9,11,13H,2-7H2,1H3. The van der Waals surface area contributed by atoms with E-state index in [2.05, 4.69) is 15.5 Å². The second kappa shape index (κ2) is 4.74. The van der Waals surface area contributed by atoms with Gasteiger partial charge in [0.15, 0.2) is 5.82 Å². The van der Waals surface area contributed by atoms with Crippen LogP contribution in [0.1, 0.15) is 37.0 Å². The molecule has 3 atom stereocenters. The molecule has 3 rings (SSSR count). The van der Waals surface area contributed by atoms with Gasteiger partial charge in [0.25, 0.3) is 0 Å². The third-order valence-corrected chi connectivity index (χ3v) is 4.03. The van der Waals surface area contributed by atoms with Gasteiger partial charge in [-0.05, 0) is 31.2 Å². The first-order valence-corrected chi connectivity index (χ1v) is 6.43. The molecule has 1 aromatic rings. The Labute approximate surface area is 101 Å². The molecule has 94 valence electrons. The van der Waals surface area contributed by atoms with E-state index in [1.807, 2.05) is 0 Å². The number of aromatic nitrogens is 2. The van der Waals surface area contributed by atoms with E-state index in [1.165, 1.54) is 19.3 Å². The molecule has 0 amide bonds. The van der Waals surface area contributed by atoms with Crippen molar-refractivity contribution in [2.24, 2.45) is 11.8 Å². The van der Waals surface area contributed by atoms with E-state index in [0.29, 0.717) is 12.5 Å². The highest BCUT2D eigenvalue weighted by molar-refractivity contribution is 5.03. The lowest BCUT2D eigenvalue weighted by atomic mass is 9.94. The van der Waals surface area contributed by atoms with Gasteiger partial charge in [-0.1, -0.05) is 11.6 Å². The zero-order valence-electron chi connectivity index (χ0n) is 10.2. The summed E-state index contributed by atoms with van der Waals surface area (Å²) in [5, 5.41) is 7.52. The summed E-state index contributed by atoms with van der Waals surface area (Å²) in [5.41, 5.74) is 0. The van der Waals surface area contributed by atoms with Crippen molar-refractivity contribution in [3.05, 3.63) is 11.7 Å². The average molecular weight is 237 g/mol. The Morgan fingerprint density at radius 1 is 1.47 bits per heavy atom.